The van der Waals surface area contributed by atoms with Crippen molar-refractivity contribution >= 4 is 56.8 Å². The van der Waals surface area contributed by atoms with Crippen LogP contribution in [0.2, 0.25) is 0 Å². The van der Waals surface area contributed by atoms with Crippen LogP contribution in [0.4, 0.5) is 5.69 Å². The molecule has 3 rings (SSSR count). The molecular formula is C23H21BrN2O4S. The van der Waals surface area contributed by atoms with Gasteiger partial charge in [-0.1, -0.05) is 28.1 Å². The first-order chi connectivity index (χ1) is 14.9. The lowest BCUT2D eigenvalue weighted by molar-refractivity contribution is -0.122. The molecule has 8 heteroatoms. The van der Waals surface area contributed by atoms with Crippen LogP contribution in [0.3, 0.4) is 0 Å². The number of amides is 2. The summed E-state index contributed by atoms with van der Waals surface area (Å²) in [5, 5.41) is 2.62. The Balaban J connectivity index is 2.08. The molecule has 0 unspecified atom stereocenters. The number of anilines is 1. The summed E-state index contributed by atoms with van der Waals surface area (Å²) in [6.07, 6.45) is 3.81. The fraction of sp³-hybridized carbons (Fsp3) is 0.174. The minimum absolute atomic E-state index is 0.0299. The van der Waals surface area contributed by atoms with Gasteiger partial charge in [-0.2, -0.15) is 0 Å². The van der Waals surface area contributed by atoms with Crippen LogP contribution < -0.4 is 19.7 Å². The third-order valence-corrected chi connectivity index (χ3v) is 5.28. The highest BCUT2D eigenvalue weighted by molar-refractivity contribution is 9.10. The van der Waals surface area contributed by atoms with Crippen molar-refractivity contribution in [3.8, 4) is 11.5 Å². The van der Waals surface area contributed by atoms with E-state index in [0.717, 1.165) is 10.0 Å². The molecule has 0 radical (unpaired) electrons. The van der Waals surface area contributed by atoms with E-state index in [4.69, 9.17) is 21.7 Å². The van der Waals surface area contributed by atoms with E-state index in [0.29, 0.717) is 35.8 Å². The largest absolute Gasteiger partial charge is 0.493 e. The van der Waals surface area contributed by atoms with Gasteiger partial charge in [0.15, 0.2) is 16.6 Å². The third kappa shape index (κ3) is 4.86. The van der Waals surface area contributed by atoms with Crippen LogP contribution in [0.25, 0.3) is 6.08 Å². The average molecular weight is 501 g/mol. The highest BCUT2D eigenvalue weighted by Crippen LogP contribution is 2.35. The summed E-state index contributed by atoms with van der Waals surface area (Å²) in [6, 6.07) is 10.7. The predicted octanol–water partition coefficient (Wildman–Crippen LogP) is 4.42. The lowest BCUT2D eigenvalue weighted by atomic mass is 10.0. The maximum atomic E-state index is 13.2. The molecule has 2 aromatic carbocycles. The highest BCUT2D eigenvalue weighted by atomic mass is 79.9. The molecule has 31 heavy (non-hydrogen) atoms. The van der Waals surface area contributed by atoms with Crippen LogP contribution in [0.1, 0.15) is 18.1 Å². The fourth-order valence-corrected chi connectivity index (χ4v) is 3.91. The Morgan fingerprint density at radius 3 is 2.68 bits per heavy atom. The Bertz CT molecular complexity index is 1100. The number of rotatable bonds is 7. The molecule has 6 nitrogen and oxygen atoms in total. The number of hydrogen-bond donors (Lipinski definition) is 1. The number of halogens is 1. The van der Waals surface area contributed by atoms with E-state index in [1.807, 2.05) is 19.1 Å². The van der Waals surface area contributed by atoms with Crippen molar-refractivity contribution < 1.29 is 19.1 Å². The molecule has 160 valence electrons. The van der Waals surface area contributed by atoms with E-state index in [1.54, 1.807) is 37.5 Å². The summed E-state index contributed by atoms with van der Waals surface area (Å²) in [6.45, 7) is 6.09. The van der Waals surface area contributed by atoms with E-state index in [1.165, 1.54) is 11.0 Å². The minimum Gasteiger partial charge on any atom is -0.493 e. The Labute approximate surface area is 194 Å². The molecular weight excluding hydrogens is 480 g/mol. The molecule has 0 saturated carbocycles. The molecule has 0 bridgehead atoms. The van der Waals surface area contributed by atoms with Crippen molar-refractivity contribution in [2.45, 2.75) is 13.3 Å². The molecule has 0 spiro atoms. The number of benzene rings is 2. The van der Waals surface area contributed by atoms with E-state index >= 15 is 0 Å². The first kappa shape index (κ1) is 22.7. The first-order valence-corrected chi connectivity index (χ1v) is 10.7. The van der Waals surface area contributed by atoms with E-state index in [2.05, 4.69) is 27.8 Å². The maximum Gasteiger partial charge on any atom is 0.270 e. The summed E-state index contributed by atoms with van der Waals surface area (Å²) < 4.78 is 12.0. The summed E-state index contributed by atoms with van der Waals surface area (Å²) in [5.74, 6) is 0.0608. The predicted molar refractivity (Wildman–Crippen MR) is 128 cm³/mol. The summed E-state index contributed by atoms with van der Waals surface area (Å²) in [4.78, 5) is 27.1. The van der Waals surface area contributed by atoms with Crippen LogP contribution in [0.15, 0.2) is 59.1 Å². The fourth-order valence-electron chi connectivity index (χ4n) is 3.24. The van der Waals surface area contributed by atoms with Gasteiger partial charge in [-0.3, -0.25) is 19.8 Å². The molecule has 0 atom stereocenters. The number of nitrogens with zero attached hydrogens (tertiary/aromatic N) is 1. The standard InChI is InChI=1S/C23H21BrN2O4S/c1-4-7-15-10-14(12-19(30-5-2)20(15)29-3)11-18-21(27)25-23(31)26(22(18)28)17-9-6-8-16(24)13-17/h4,6,8-13H,1,5,7H2,2-3H3,(H,25,27,31)/b18-11+. The van der Waals surface area contributed by atoms with Crippen LogP contribution in [-0.4, -0.2) is 30.6 Å². The SMILES string of the molecule is C=CCc1cc(/C=C2\C(=O)NC(=S)N(c3cccc(Br)c3)C2=O)cc(OCC)c1OC. The summed E-state index contributed by atoms with van der Waals surface area (Å²) in [5.41, 5.74) is 1.97. The molecule has 1 aliphatic rings. The maximum absolute atomic E-state index is 13.2. The molecule has 2 amide bonds. The number of nitrogens with one attached hydrogen (secondary N) is 1. The first-order valence-electron chi connectivity index (χ1n) is 9.51. The quantitative estimate of drug-likeness (QED) is 0.264. The smallest absolute Gasteiger partial charge is 0.270 e. The average Bonchev–Trinajstić information content (AvgIpc) is 2.71. The Kier molecular flexibility index (Phi) is 7.25. The van der Waals surface area contributed by atoms with Gasteiger partial charge >= 0.3 is 0 Å². The molecule has 2 aromatic rings. The van der Waals surface area contributed by atoms with Gasteiger partial charge in [0.1, 0.15) is 5.57 Å². The zero-order valence-electron chi connectivity index (χ0n) is 17.1. The minimum atomic E-state index is -0.555. The lowest BCUT2D eigenvalue weighted by Gasteiger charge is -2.29. The molecule has 0 aliphatic carbocycles. The number of allylic oxidation sites excluding steroid dienone is 1. The molecule has 1 saturated heterocycles. The molecule has 0 aromatic heterocycles. The van der Waals surface area contributed by atoms with Gasteiger partial charge in [-0.25, -0.2) is 0 Å². The normalized spacial score (nSPS) is 15.1. The van der Waals surface area contributed by atoms with Crippen molar-refractivity contribution in [1.82, 2.24) is 5.32 Å². The van der Waals surface area contributed by atoms with Crippen LogP contribution in [0, 0.1) is 0 Å². The van der Waals surface area contributed by atoms with Gasteiger partial charge < -0.3 is 9.47 Å². The van der Waals surface area contributed by atoms with E-state index in [-0.39, 0.29) is 10.7 Å². The van der Waals surface area contributed by atoms with Crippen molar-refractivity contribution in [2.75, 3.05) is 18.6 Å². The zero-order chi connectivity index (χ0) is 22.5. The van der Waals surface area contributed by atoms with Crippen LogP contribution >= 0.6 is 28.1 Å². The number of carbonyl (C=O) groups excluding carboxylic acids is 2. The van der Waals surface area contributed by atoms with Crippen molar-refractivity contribution in [1.29, 1.82) is 0 Å². The third-order valence-electron chi connectivity index (χ3n) is 4.50. The van der Waals surface area contributed by atoms with Gasteiger partial charge in [0.25, 0.3) is 11.8 Å². The second kappa shape index (κ2) is 9.89. The lowest BCUT2D eigenvalue weighted by Crippen LogP contribution is -2.54. The number of carbonyl (C=O) groups is 2. The zero-order valence-corrected chi connectivity index (χ0v) is 19.5. The number of hydrogen-bond acceptors (Lipinski definition) is 5. The topological polar surface area (TPSA) is 67.9 Å². The molecule has 1 N–H and O–H groups in total. The monoisotopic (exact) mass is 500 g/mol. The van der Waals surface area contributed by atoms with Gasteiger partial charge in [0.05, 0.1) is 19.4 Å². The molecule has 1 fully saturated rings. The van der Waals surface area contributed by atoms with E-state index < -0.39 is 11.8 Å². The Hall–Kier alpha value is -2.97. The Morgan fingerprint density at radius 1 is 1.26 bits per heavy atom. The Morgan fingerprint density at radius 2 is 2.03 bits per heavy atom. The number of thiocarbonyl (C=S) groups is 1. The van der Waals surface area contributed by atoms with Gasteiger partial charge in [-0.15, -0.1) is 6.58 Å². The summed E-state index contributed by atoms with van der Waals surface area (Å²) in [7, 11) is 1.57. The van der Waals surface area contributed by atoms with Crippen molar-refractivity contribution in [2.24, 2.45) is 0 Å². The highest BCUT2D eigenvalue weighted by Gasteiger charge is 2.34. The molecule has 1 aliphatic heterocycles. The van der Waals surface area contributed by atoms with Gasteiger partial charge in [-0.05, 0) is 67.5 Å². The number of ether oxygens (including phenoxy) is 2. The second-order valence-corrected chi connectivity index (χ2v) is 7.88. The van der Waals surface area contributed by atoms with E-state index in [9.17, 15) is 9.59 Å². The van der Waals surface area contributed by atoms with Crippen LogP contribution in [-0.2, 0) is 16.0 Å². The van der Waals surface area contributed by atoms with Crippen molar-refractivity contribution in [3.63, 3.8) is 0 Å². The van der Waals surface area contributed by atoms with Gasteiger partial charge in [0, 0.05) is 10.0 Å². The molecule has 1 heterocycles. The second-order valence-electron chi connectivity index (χ2n) is 6.57. The van der Waals surface area contributed by atoms with Gasteiger partial charge in [0.2, 0.25) is 0 Å². The number of methoxy groups -OCH3 is 1. The summed E-state index contributed by atoms with van der Waals surface area (Å²) >= 11 is 8.64. The van der Waals surface area contributed by atoms with Crippen LogP contribution in [0.5, 0.6) is 11.5 Å². The van der Waals surface area contributed by atoms with Crippen molar-refractivity contribution in [3.05, 3.63) is 70.2 Å².